The average Bonchev–Trinajstić information content (AvgIpc) is 3.09. The van der Waals surface area contributed by atoms with Crippen LogP contribution in [0.3, 0.4) is 0 Å². The van der Waals surface area contributed by atoms with Crippen molar-refractivity contribution >= 4 is 28.9 Å². The predicted octanol–water partition coefficient (Wildman–Crippen LogP) is 4.13. The van der Waals surface area contributed by atoms with Crippen molar-refractivity contribution in [2.45, 2.75) is 20.0 Å². The first-order valence-electron chi connectivity index (χ1n) is 8.23. The van der Waals surface area contributed by atoms with Crippen molar-refractivity contribution in [1.82, 2.24) is 4.98 Å². The molecule has 7 heteroatoms. The average molecular weight is 384 g/mol. The number of anilines is 1. The molecule has 0 saturated carbocycles. The molecule has 0 unspecified atom stereocenters. The lowest BCUT2D eigenvalue weighted by Gasteiger charge is -2.04. The fourth-order valence-corrected chi connectivity index (χ4v) is 3.10. The van der Waals surface area contributed by atoms with Crippen LogP contribution in [0, 0.1) is 12.7 Å². The zero-order valence-electron chi connectivity index (χ0n) is 14.6. The van der Waals surface area contributed by atoms with E-state index in [2.05, 4.69) is 10.3 Å². The number of hydrogen-bond donors (Lipinski definition) is 1. The molecule has 0 aliphatic carbocycles. The monoisotopic (exact) mass is 384 g/mol. The first-order chi connectivity index (χ1) is 13.0. The van der Waals surface area contributed by atoms with Crippen molar-refractivity contribution in [2.75, 3.05) is 5.32 Å². The summed E-state index contributed by atoms with van der Waals surface area (Å²) in [6, 6.07) is 13.1. The van der Waals surface area contributed by atoms with Gasteiger partial charge < -0.3 is 10.1 Å². The third-order valence-corrected chi connectivity index (χ3v) is 4.59. The van der Waals surface area contributed by atoms with E-state index >= 15 is 0 Å². The third-order valence-electron chi connectivity index (χ3n) is 3.69. The van der Waals surface area contributed by atoms with E-state index in [1.165, 1.54) is 29.5 Å². The Bertz CT molecular complexity index is 954. The number of nitrogens with zero attached hydrogens (tertiary/aromatic N) is 1. The Hall–Kier alpha value is -3.06. The van der Waals surface area contributed by atoms with Gasteiger partial charge in [-0.1, -0.05) is 29.8 Å². The van der Waals surface area contributed by atoms with Gasteiger partial charge >= 0.3 is 5.97 Å². The maximum Gasteiger partial charge on any atom is 0.341 e. The third kappa shape index (κ3) is 5.21. The molecule has 0 bridgehead atoms. The minimum atomic E-state index is -0.750. The summed E-state index contributed by atoms with van der Waals surface area (Å²) >= 11 is 1.30. The number of esters is 1. The fourth-order valence-electron chi connectivity index (χ4n) is 2.32. The number of nitrogens with one attached hydrogen (secondary N) is 1. The minimum absolute atomic E-state index is 0.0801. The van der Waals surface area contributed by atoms with Crippen LogP contribution >= 0.6 is 11.3 Å². The molecule has 0 radical (unpaired) electrons. The first kappa shape index (κ1) is 18.7. The number of amides is 1. The van der Waals surface area contributed by atoms with Crippen molar-refractivity contribution in [1.29, 1.82) is 0 Å². The molecular weight excluding hydrogens is 367 g/mol. The number of ether oxygens (including phenoxy) is 1. The normalized spacial score (nSPS) is 10.4. The number of benzene rings is 2. The van der Waals surface area contributed by atoms with Gasteiger partial charge in [0.1, 0.15) is 17.4 Å². The van der Waals surface area contributed by atoms with E-state index in [1.807, 2.05) is 31.2 Å². The van der Waals surface area contributed by atoms with Crippen LogP contribution in [0.5, 0.6) is 0 Å². The molecule has 138 valence electrons. The van der Waals surface area contributed by atoms with E-state index in [4.69, 9.17) is 4.74 Å². The molecule has 0 spiro atoms. The Morgan fingerprint density at radius 2 is 1.89 bits per heavy atom. The van der Waals surface area contributed by atoms with Crippen LogP contribution in [0.1, 0.15) is 26.6 Å². The number of rotatable bonds is 6. The van der Waals surface area contributed by atoms with Gasteiger partial charge in [-0.25, -0.2) is 14.2 Å². The van der Waals surface area contributed by atoms with Crippen LogP contribution in [0.2, 0.25) is 0 Å². The Morgan fingerprint density at radius 3 is 2.63 bits per heavy atom. The summed E-state index contributed by atoms with van der Waals surface area (Å²) < 4.78 is 18.6. The maximum atomic E-state index is 13.6. The standard InChI is InChI=1S/C20H17FN2O3S/c1-13-6-8-14(9-7-13)22-18(24)10-19-23-15(12-27-19)11-26-20(25)16-4-2-3-5-17(16)21/h2-9,12H,10-11H2,1H3,(H,22,24). The van der Waals surface area contributed by atoms with Crippen LogP contribution < -0.4 is 5.32 Å². The quantitative estimate of drug-likeness (QED) is 0.649. The fraction of sp³-hybridized carbons (Fsp3) is 0.150. The van der Waals surface area contributed by atoms with Gasteiger partial charge in [-0.05, 0) is 31.2 Å². The van der Waals surface area contributed by atoms with Gasteiger partial charge in [0.05, 0.1) is 17.7 Å². The Balaban J connectivity index is 1.52. The number of halogens is 1. The van der Waals surface area contributed by atoms with Gasteiger partial charge in [0.15, 0.2) is 0 Å². The summed E-state index contributed by atoms with van der Waals surface area (Å²) in [6.07, 6.45) is 0.125. The summed E-state index contributed by atoms with van der Waals surface area (Å²) in [5.74, 6) is -1.56. The highest BCUT2D eigenvalue weighted by Gasteiger charge is 2.14. The highest BCUT2D eigenvalue weighted by Crippen LogP contribution is 2.15. The van der Waals surface area contributed by atoms with Gasteiger partial charge in [-0.2, -0.15) is 0 Å². The van der Waals surface area contributed by atoms with Gasteiger partial charge in [0.2, 0.25) is 5.91 Å². The number of carbonyl (C=O) groups excluding carboxylic acids is 2. The molecule has 1 amide bonds. The van der Waals surface area contributed by atoms with Gasteiger partial charge in [-0.3, -0.25) is 4.79 Å². The zero-order valence-corrected chi connectivity index (χ0v) is 15.4. The van der Waals surface area contributed by atoms with Crippen molar-refractivity contribution in [3.63, 3.8) is 0 Å². The molecule has 0 aliphatic heterocycles. The molecule has 27 heavy (non-hydrogen) atoms. The van der Waals surface area contributed by atoms with Crippen LogP contribution in [0.25, 0.3) is 0 Å². The summed E-state index contributed by atoms with van der Waals surface area (Å²) in [4.78, 5) is 28.3. The van der Waals surface area contributed by atoms with Crippen LogP contribution in [0.4, 0.5) is 10.1 Å². The number of hydrogen-bond acceptors (Lipinski definition) is 5. The topological polar surface area (TPSA) is 68.3 Å². The largest absolute Gasteiger partial charge is 0.455 e. The van der Waals surface area contributed by atoms with Gasteiger partial charge in [-0.15, -0.1) is 11.3 Å². The lowest BCUT2D eigenvalue weighted by Crippen LogP contribution is -2.14. The second-order valence-electron chi connectivity index (χ2n) is 5.88. The molecule has 3 aromatic rings. The highest BCUT2D eigenvalue weighted by molar-refractivity contribution is 7.09. The molecular formula is C20H17FN2O3S. The molecule has 1 aromatic heterocycles. The molecule has 3 rings (SSSR count). The predicted molar refractivity (Wildman–Crippen MR) is 101 cm³/mol. The molecule has 1 heterocycles. The molecule has 0 aliphatic rings. The van der Waals surface area contributed by atoms with E-state index in [0.717, 1.165) is 11.3 Å². The lowest BCUT2D eigenvalue weighted by molar-refractivity contribution is -0.115. The van der Waals surface area contributed by atoms with Crippen molar-refractivity contribution < 1.29 is 18.7 Å². The summed E-state index contributed by atoms with van der Waals surface area (Å²) in [5, 5.41) is 5.12. The summed E-state index contributed by atoms with van der Waals surface area (Å²) in [5.41, 5.74) is 2.23. The Kier molecular flexibility index (Phi) is 5.93. The van der Waals surface area contributed by atoms with E-state index in [9.17, 15) is 14.0 Å². The van der Waals surface area contributed by atoms with E-state index < -0.39 is 11.8 Å². The molecule has 1 N–H and O–H groups in total. The molecule has 0 atom stereocenters. The van der Waals surface area contributed by atoms with Crippen LogP contribution in [-0.2, 0) is 22.6 Å². The van der Waals surface area contributed by atoms with Crippen LogP contribution in [0.15, 0.2) is 53.9 Å². The van der Waals surface area contributed by atoms with E-state index in [-0.39, 0.29) is 24.5 Å². The molecule has 2 aromatic carbocycles. The Labute approximate surface area is 159 Å². The molecule has 5 nitrogen and oxygen atoms in total. The molecule has 0 saturated heterocycles. The zero-order chi connectivity index (χ0) is 19.2. The molecule has 0 fully saturated rings. The number of thiazole rings is 1. The lowest BCUT2D eigenvalue weighted by atomic mass is 10.2. The highest BCUT2D eigenvalue weighted by atomic mass is 32.1. The van der Waals surface area contributed by atoms with E-state index in [1.54, 1.807) is 11.4 Å². The summed E-state index contributed by atoms with van der Waals surface area (Å²) in [6.45, 7) is 1.89. The van der Waals surface area contributed by atoms with Gasteiger partial charge in [0.25, 0.3) is 0 Å². The maximum absolute atomic E-state index is 13.6. The number of carbonyl (C=O) groups is 2. The van der Waals surface area contributed by atoms with Crippen LogP contribution in [-0.4, -0.2) is 16.9 Å². The second kappa shape index (κ2) is 8.55. The second-order valence-corrected chi connectivity index (χ2v) is 6.82. The minimum Gasteiger partial charge on any atom is -0.455 e. The van der Waals surface area contributed by atoms with Crippen molar-refractivity contribution in [2.24, 2.45) is 0 Å². The number of aromatic nitrogens is 1. The SMILES string of the molecule is Cc1ccc(NC(=O)Cc2nc(COC(=O)c3ccccc3F)cs2)cc1. The van der Waals surface area contributed by atoms with Crippen molar-refractivity contribution in [3.05, 3.63) is 81.6 Å². The smallest absolute Gasteiger partial charge is 0.341 e. The van der Waals surface area contributed by atoms with Crippen molar-refractivity contribution in [3.8, 4) is 0 Å². The summed E-state index contributed by atoms with van der Waals surface area (Å²) in [7, 11) is 0. The number of aryl methyl sites for hydroxylation is 1. The first-order valence-corrected chi connectivity index (χ1v) is 9.10. The van der Waals surface area contributed by atoms with E-state index in [0.29, 0.717) is 10.7 Å². The Morgan fingerprint density at radius 1 is 1.15 bits per heavy atom. The van der Waals surface area contributed by atoms with Gasteiger partial charge in [0, 0.05) is 11.1 Å².